The Labute approximate surface area is 72.4 Å². The summed E-state index contributed by atoms with van der Waals surface area (Å²) >= 11 is 5.40. The van der Waals surface area contributed by atoms with E-state index in [1.54, 1.807) is 5.88 Å². The maximum absolute atomic E-state index is 5.40. The van der Waals surface area contributed by atoms with Gasteiger partial charge >= 0.3 is 18.9 Å². The molecule has 2 heteroatoms. The fourth-order valence-corrected chi connectivity index (χ4v) is 0.671. The van der Waals surface area contributed by atoms with Crippen LogP contribution < -0.4 is 18.9 Å². The SMILES string of the molecule is Cl[CH-]c1ccccc1.[Li+]. The van der Waals surface area contributed by atoms with Crippen LogP contribution >= 0.6 is 11.6 Å². The van der Waals surface area contributed by atoms with E-state index in [0.717, 1.165) is 5.56 Å². The Bertz CT molecular complexity index is 150. The molecule has 42 valence electrons. The van der Waals surface area contributed by atoms with E-state index in [4.69, 9.17) is 11.6 Å². The predicted molar refractivity (Wildman–Crippen MR) is 35.7 cm³/mol. The quantitative estimate of drug-likeness (QED) is 0.355. The molecule has 0 nitrogen and oxygen atoms in total. The van der Waals surface area contributed by atoms with Gasteiger partial charge in [0.2, 0.25) is 0 Å². The van der Waals surface area contributed by atoms with Gasteiger partial charge in [0.15, 0.2) is 0 Å². The van der Waals surface area contributed by atoms with Crippen molar-refractivity contribution >= 4 is 11.6 Å². The third-order valence-corrected chi connectivity index (χ3v) is 1.18. The van der Waals surface area contributed by atoms with E-state index < -0.39 is 0 Å². The van der Waals surface area contributed by atoms with Crippen LogP contribution in [0.4, 0.5) is 0 Å². The van der Waals surface area contributed by atoms with Crippen LogP contribution in [0.3, 0.4) is 0 Å². The smallest absolute Gasteiger partial charge is 0.177 e. The fourth-order valence-electron chi connectivity index (χ4n) is 0.526. The van der Waals surface area contributed by atoms with Gasteiger partial charge in [0.05, 0.1) is 0 Å². The van der Waals surface area contributed by atoms with E-state index in [9.17, 15) is 0 Å². The summed E-state index contributed by atoms with van der Waals surface area (Å²) in [6.45, 7) is 0. The molecule has 9 heavy (non-hydrogen) atoms. The second kappa shape index (κ2) is 4.82. The zero-order valence-corrected chi connectivity index (χ0v) is 6.10. The number of hydrogen-bond acceptors (Lipinski definition) is 0. The van der Waals surface area contributed by atoms with Gasteiger partial charge < -0.3 is 0 Å². The van der Waals surface area contributed by atoms with E-state index in [2.05, 4.69) is 0 Å². The minimum atomic E-state index is 0. The first-order valence-electron chi connectivity index (χ1n) is 2.42. The summed E-state index contributed by atoms with van der Waals surface area (Å²) in [6.07, 6.45) is 0. The monoisotopic (exact) mass is 132 g/mol. The molecule has 0 saturated heterocycles. The first-order chi connectivity index (χ1) is 3.93. The first-order valence-corrected chi connectivity index (χ1v) is 2.85. The van der Waals surface area contributed by atoms with Crippen molar-refractivity contribution in [2.24, 2.45) is 0 Å². The Morgan fingerprint density at radius 3 is 2.00 bits per heavy atom. The molecule has 0 saturated carbocycles. The molecule has 0 bridgehead atoms. The average molecular weight is 133 g/mol. The van der Waals surface area contributed by atoms with Crippen LogP contribution in [0, 0.1) is 5.88 Å². The van der Waals surface area contributed by atoms with Crippen LogP contribution in [0.25, 0.3) is 0 Å². The fraction of sp³-hybridized carbons (Fsp3) is 0. The Hall–Kier alpha value is -0.0226. The molecule has 1 rings (SSSR count). The minimum absolute atomic E-state index is 0. The van der Waals surface area contributed by atoms with Gasteiger partial charge in [-0.15, -0.1) is 12.1 Å². The van der Waals surface area contributed by atoms with Gasteiger partial charge in [0.25, 0.3) is 0 Å². The molecule has 0 aromatic heterocycles. The summed E-state index contributed by atoms with van der Waals surface area (Å²) in [5.41, 5.74) is 1.05. The van der Waals surface area contributed by atoms with E-state index in [1.165, 1.54) is 0 Å². The maximum atomic E-state index is 5.40. The third kappa shape index (κ3) is 2.86. The molecule has 0 aliphatic carbocycles. The van der Waals surface area contributed by atoms with Crippen LogP contribution in [-0.4, -0.2) is 0 Å². The second-order valence-corrected chi connectivity index (χ2v) is 1.74. The van der Waals surface area contributed by atoms with E-state index >= 15 is 0 Å². The van der Waals surface area contributed by atoms with Gasteiger partial charge in [0, 0.05) is 0 Å². The molecule has 0 aliphatic heterocycles. The largest absolute Gasteiger partial charge is 1.00 e. The average Bonchev–Trinajstić information content (AvgIpc) is 1.90. The molecule has 0 N–H and O–H groups in total. The molecule has 0 fully saturated rings. The standard InChI is InChI=1S/C7H6Cl.Li/c8-6-7-4-2-1-3-5-7;/h1-6H;/q-1;+1. The molecule has 0 unspecified atom stereocenters. The normalized spacial score (nSPS) is 7.67. The zero-order chi connectivity index (χ0) is 5.82. The van der Waals surface area contributed by atoms with Crippen molar-refractivity contribution < 1.29 is 18.9 Å². The summed E-state index contributed by atoms with van der Waals surface area (Å²) < 4.78 is 0. The third-order valence-electron chi connectivity index (χ3n) is 0.926. The molecular formula is C7H6ClLi. The van der Waals surface area contributed by atoms with Crippen molar-refractivity contribution in [2.75, 3.05) is 0 Å². The van der Waals surface area contributed by atoms with Crippen molar-refractivity contribution in [2.45, 2.75) is 0 Å². The van der Waals surface area contributed by atoms with E-state index in [0.29, 0.717) is 0 Å². The van der Waals surface area contributed by atoms with Crippen molar-refractivity contribution in [3.63, 3.8) is 0 Å². The van der Waals surface area contributed by atoms with Crippen LogP contribution in [-0.2, 0) is 0 Å². The van der Waals surface area contributed by atoms with Crippen molar-refractivity contribution in [3.8, 4) is 0 Å². The topological polar surface area (TPSA) is 0 Å². The van der Waals surface area contributed by atoms with E-state index in [1.807, 2.05) is 30.3 Å². The summed E-state index contributed by atoms with van der Waals surface area (Å²) in [5.74, 6) is 1.56. The number of benzene rings is 1. The zero-order valence-electron chi connectivity index (χ0n) is 5.34. The number of halogens is 1. The van der Waals surface area contributed by atoms with Gasteiger partial charge in [-0.2, -0.15) is 29.3 Å². The van der Waals surface area contributed by atoms with Crippen molar-refractivity contribution in [1.82, 2.24) is 0 Å². The van der Waals surface area contributed by atoms with Crippen molar-refractivity contribution in [3.05, 3.63) is 41.8 Å². The Balaban J connectivity index is 0.000000640. The molecule has 1 aromatic rings. The molecular weight excluding hydrogens is 126 g/mol. The number of rotatable bonds is 1. The Morgan fingerprint density at radius 1 is 1.11 bits per heavy atom. The van der Waals surface area contributed by atoms with Gasteiger partial charge in [-0.3, -0.25) is 0 Å². The predicted octanol–water partition coefficient (Wildman–Crippen LogP) is -0.561. The molecule has 1 aromatic carbocycles. The van der Waals surface area contributed by atoms with E-state index in [-0.39, 0.29) is 18.9 Å². The summed E-state index contributed by atoms with van der Waals surface area (Å²) in [4.78, 5) is 0. The Morgan fingerprint density at radius 2 is 1.67 bits per heavy atom. The molecule has 0 atom stereocenters. The Kier molecular flexibility index (Phi) is 4.81. The van der Waals surface area contributed by atoms with Gasteiger partial charge in [-0.1, -0.05) is 11.9 Å². The van der Waals surface area contributed by atoms with Gasteiger partial charge in [-0.05, 0) is 0 Å². The molecule has 0 amide bonds. The molecule has 0 aliphatic rings. The maximum Gasteiger partial charge on any atom is 1.00 e. The minimum Gasteiger partial charge on any atom is -0.177 e. The van der Waals surface area contributed by atoms with Crippen molar-refractivity contribution in [1.29, 1.82) is 0 Å². The summed E-state index contributed by atoms with van der Waals surface area (Å²) in [5, 5.41) is 0. The molecule has 0 radical (unpaired) electrons. The summed E-state index contributed by atoms with van der Waals surface area (Å²) in [7, 11) is 0. The van der Waals surface area contributed by atoms with Crippen LogP contribution in [0.15, 0.2) is 30.3 Å². The van der Waals surface area contributed by atoms with Gasteiger partial charge in [-0.25, -0.2) is 0 Å². The van der Waals surface area contributed by atoms with Crippen LogP contribution in [0.1, 0.15) is 5.56 Å². The van der Waals surface area contributed by atoms with Crippen LogP contribution in [0.2, 0.25) is 0 Å². The first kappa shape index (κ1) is 8.98. The summed E-state index contributed by atoms with van der Waals surface area (Å²) in [6, 6.07) is 9.77. The second-order valence-electron chi connectivity index (χ2n) is 1.52. The van der Waals surface area contributed by atoms with Crippen LogP contribution in [0.5, 0.6) is 0 Å². The molecule has 0 heterocycles. The molecule has 0 spiro atoms. The number of hydrogen-bond donors (Lipinski definition) is 0. The van der Waals surface area contributed by atoms with Gasteiger partial charge in [0.1, 0.15) is 0 Å².